The molecule has 0 bridgehead atoms. The maximum absolute atomic E-state index is 12.1. The molecule has 1 aromatic rings. The molecule has 18 heavy (non-hydrogen) atoms. The molecule has 2 atom stereocenters. The second kappa shape index (κ2) is 5.03. The minimum absolute atomic E-state index is 0.0246. The molecule has 0 spiro atoms. The minimum atomic E-state index is -0.496. The van der Waals surface area contributed by atoms with Crippen molar-refractivity contribution >= 4 is 22.2 Å². The van der Waals surface area contributed by atoms with E-state index in [9.17, 15) is 20.0 Å². The summed E-state index contributed by atoms with van der Waals surface area (Å²) in [4.78, 5) is 24.2. The fourth-order valence-corrected chi connectivity index (χ4v) is 2.80. The van der Waals surface area contributed by atoms with Gasteiger partial charge < -0.3 is 10.0 Å². The molecule has 1 aliphatic heterocycles. The van der Waals surface area contributed by atoms with Gasteiger partial charge in [-0.15, -0.1) is 0 Å². The Morgan fingerprint density at radius 1 is 1.61 bits per heavy atom. The summed E-state index contributed by atoms with van der Waals surface area (Å²) in [5, 5.41) is 20.1. The van der Waals surface area contributed by atoms with Crippen LogP contribution in [0.15, 0.2) is 12.1 Å². The molecule has 2 rings (SSSR count). The first kappa shape index (κ1) is 13.0. The molecule has 0 aliphatic carbocycles. The molecule has 0 aromatic carbocycles. The number of nitro groups is 1. The monoisotopic (exact) mass is 270 g/mol. The van der Waals surface area contributed by atoms with E-state index in [4.69, 9.17) is 0 Å². The molecule has 0 radical (unpaired) electrons. The predicted octanol–water partition coefficient (Wildman–Crippen LogP) is 1.50. The lowest BCUT2D eigenvalue weighted by Gasteiger charge is -2.34. The van der Waals surface area contributed by atoms with Crippen LogP contribution in [0, 0.1) is 16.0 Å². The van der Waals surface area contributed by atoms with Crippen LogP contribution in [-0.4, -0.2) is 40.0 Å². The average Bonchev–Trinajstić information content (AvgIpc) is 2.81. The van der Waals surface area contributed by atoms with Gasteiger partial charge in [0.2, 0.25) is 0 Å². The average molecular weight is 270 g/mol. The van der Waals surface area contributed by atoms with Crippen molar-refractivity contribution in [2.75, 3.05) is 13.1 Å². The van der Waals surface area contributed by atoms with Gasteiger partial charge in [-0.1, -0.05) is 18.3 Å². The van der Waals surface area contributed by atoms with Crippen molar-refractivity contribution < 1.29 is 14.8 Å². The van der Waals surface area contributed by atoms with Gasteiger partial charge in [0.1, 0.15) is 0 Å². The molecule has 2 heterocycles. The molecule has 1 aliphatic rings. The first-order chi connectivity index (χ1) is 8.49. The van der Waals surface area contributed by atoms with Crippen LogP contribution in [0.5, 0.6) is 0 Å². The largest absolute Gasteiger partial charge is 0.393 e. The topological polar surface area (TPSA) is 83.7 Å². The lowest BCUT2D eigenvalue weighted by Crippen LogP contribution is -2.44. The standard InChI is InChI=1S/C11H14N2O4S/c1-7-6-12(5-4-8(7)14)11(15)9-2-3-10(18-9)13(16)17/h2-3,7-8,14H,4-6H2,1H3. The normalized spacial score (nSPS) is 24.0. The summed E-state index contributed by atoms with van der Waals surface area (Å²) in [6.07, 6.45) is 0.187. The smallest absolute Gasteiger partial charge is 0.324 e. The molecule has 2 unspecified atom stereocenters. The Morgan fingerprint density at radius 2 is 2.33 bits per heavy atom. The van der Waals surface area contributed by atoms with Crippen molar-refractivity contribution in [3.63, 3.8) is 0 Å². The van der Waals surface area contributed by atoms with E-state index in [2.05, 4.69) is 0 Å². The predicted molar refractivity (Wildman–Crippen MR) is 66.7 cm³/mol. The number of carbonyl (C=O) groups is 1. The highest BCUT2D eigenvalue weighted by atomic mass is 32.1. The van der Waals surface area contributed by atoms with Crippen LogP contribution < -0.4 is 0 Å². The van der Waals surface area contributed by atoms with E-state index in [0.717, 1.165) is 11.3 Å². The van der Waals surface area contributed by atoms with Crippen molar-refractivity contribution in [3.8, 4) is 0 Å². The summed E-state index contributed by atoms with van der Waals surface area (Å²) in [5.74, 6) is -0.149. The van der Waals surface area contributed by atoms with Crippen molar-refractivity contribution in [1.29, 1.82) is 0 Å². The van der Waals surface area contributed by atoms with Gasteiger partial charge in [-0.3, -0.25) is 14.9 Å². The Morgan fingerprint density at radius 3 is 2.89 bits per heavy atom. The molecule has 1 aromatic heterocycles. The van der Waals surface area contributed by atoms with Gasteiger partial charge in [-0.25, -0.2) is 0 Å². The molecule has 0 saturated carbocycles. The number of thiophene rings is 1. The lowest BCUT2D eigenvalue weighted by atomic mass is 9.97. The van der Waals surface area contributed by atoms with E-state index in [1.807, 2.05) is 6.92 Å². The molecular weight excluding hydrogens is 256 g/mol. The second-order valence-electron chi connectivity index (χ2n) is 4.48. The summed E-state index contributed by atoms with van der Waals surface area (Å²) < 4.78 is 0. The third-order valence-corrected chi connectivity index (χ3v) is 4.15. The van der Waals surface area contributed by atoms with E-state index < -0.39 is 4.92 Å². The van der Waals surface area contributed by atoms with Gasteiger partial charge in [0, 0.05) is 19.2 Å². The first-order valence-corrected chi connectivity index (χ1v) is 6.52. The van der Waals surface area contributed by atoms with Gasteiger partial charge >= 0.3 is 5.00 Å². The van der Waals surface area contributed by atoms with Crippen LogP contribution in [0.25, 0.3) is 0 Å². The number of carbonyl (C=O) groups excluding carboxylic acids is 1. The van der Waals surface area contributed by atoms with E-state index in [1.54, 1.807) is 4.90 Å². The van der Waals surface area contributed by atoms with E-state index in [0.29, 0.717) is 24.4 Å². The van der Waals surface area contributed by atoms with Crippen molar-refractivity contribution in [2.24, 2.45) is 5.92 Å². The van der Waals surface area contributed by atoms with Gasteiger partial charge in [-0.05, 0) is 18.4 Å². The summed E-state index contributed by atoms with van der Waals surface area (Å²) in [6.45, 7) is 2.88. The number of aliphatic hydroxyl groups is 1. The fourth-order valence-electron chi connectivity index (χ4n) is 2.01. The zero-order chi connectivity index (χ0) is 13.3. The highest BCUT2D eigenvalue weighted by Crippen LogP contribution is 2.26. The number of hydrogen-bond acceptors (Lipinski definition) is 5. The molecular formula is C11H14N2O4S. The van der Waals surface area contributed by atoms with Crippen LogP contribution in [0.4, 0.5) is 5.00 Å². The Balaban J connectivity index is 2.09. The van der Waals surface area contributed by atoms with Gasteiger partial charge in [0.05, 0.1) is 15.9 Å². The van der Waals surface area contributed by atoms with E-state index in [-0.39, 0.29) is 22.9 Å². The number of likely N-dealkylation sites (tertiary alicyclic amines) is 1. The summed E-state index contributed by atoms with van der Waals surface area (Å²) in [7, 11) is 0. The van der Waals surface area contributed by atoms with Crippen molar-refractivity contribution in [3.05, 3.63) is 27.1 Å². The van der Waals surface area contributed by atoms with Crippen LogP contribution in [0.1, 0.15) is 23.0 Å². The highest BCUT2D eigenvalue weighted by Gasteiger charge is 2.29. The second-order valence-corrected chi connectivity index (χ2v) is 5.54. The molecule has 98 valence electrons. The number of rotatable bonds is 2. The Kier molecular flexibility index (Phi) is 3.63. The number of aliphatic hydroxyl groups excluding tert-OH is 1. The maximum Gasteiger partial charge on any atom is 0.324 e. The first-order valence-electron chi connectivity index (χ1n) is 5.70. The van der Waals surface area contributed by atoms with Gasteiger partial charge in [0.15, 0.2) is 0 Å². The molecule has 1 saturated heterocycles. The maximum atomic E-state index is 12.1. The molecule has 7 heteroatoms. The number of hydrogen-bond donors (Lipinski definition) is 1. The molecule has 1 fully saturated rings. The Hall–Kier alpha value is -1.47. The summed E-state index contributed by atoms with van der Waals surface area (Å²) >= 11 is 0.892. The van der Waals surface area contributed by atoms with Crippen molar-refractivity contribution in [2.45, 2.75) is 19.4 Å². The highest BCUT2D eigenvalue weighted by molar-refractivity contribution is 7.17. The van der Waals surface area contributed by atoms with Crippen LogP contribution in [0.2, 0.25) is 0 Å². The van der Waals surface area contributed by atoms with Gasteiger partial charge in [-0.2, -0.15) is 0 Å². The minimum Gasteiger partial charge on any atom is -0.393 e. The van der Waals surface area contributed by atoms with Crippen LogP contribution in [-0.2, 0) is 0 Å². The zero-order valence-corrected chi connectivity index (χ0v) is 10.7. The lowest BCUT2D eigenvalue weighted by molar-refractivity contribution is -0.380. The number of piperidine rings is 1. The Labute approximate surface area is 108 Å². The number of nitrogens with zero attached hydrogens (tertiary/aromatic N) is 2. The third-order valence-electron chi connectivity index (χ3n) is 3.13. The van der Waals surface area contributed by atoms with Gasteiger partial charge in [0.25, 0.3) is 5.91 Å². The molecule has 1 N–H and O–H groups in total. The van der Waals surface area contributed by atoms with Crippen LogP contribution in [0.3, 0.4) is 0 Å². The number of amides is 1. The molecule has 6 nitrogen and oxygen atoms in total. The fraction of sp³-hybridized carbons (Fsp3) is 0.545. The summed E-state index contributed by atoms with van der Waals surface area (Å²) in [6, 6.07) is 2.83. The third kappa shape index (κ3) is 2.51. The molecule has 1 amide bonds. The Bertz CT molecular complexity index is 473. The van der Waals surface area contributed by atoms with E-state index in [1.165, 1.54) is 12.1 Å². The van der Waals surface area contributed by atoms with Crippen molar-refractivity contribution in [1.82, 2.24) is 4.90 Å². The zero-order valence-electron chi connectivity index (χ0n) is 9.91. The SMILES string of the molecule is CC1CN(C(=O)c2ccc([N+](=O)[O-])s2)CCC1O. The quantitative estimate of drug-likeness (QED) is 0.652. The summed E-state index contributed by atoms with van der Waals surface area (Å²) in [5.41, 5.74) is 0. The van der Waals surface area contributed by atoms with Crippen LogP contribution >= 0.6 is 11.3 Å². The van der Waals surface area contributed by atoms with E-state index >= 15 is 0 Å².